The zero-order valence-corrected chi connectivity index (χ0v) is 12.4. The van der Waals surface area contributed by atoms with Gasteiger partial charge in [-0.05, 0) is 44.8 Å². The summed E-state index contributed by atoms with van der Waals surface area (Å²) in [6.07, 6.45) is 2.87. The molecule has 0 aliphatic carbocycles. The molecule has 1 aliphatic rings. The van der Waals surface area contributed by atoms with Crippen LogP contribution in [-0.2, 0) is 4.79 Å². The molecule has 1 aliphatic heterocycles. The van der Waals surface area contributed by atoms with Crippen LogP contribution in [0.15, 0.2) is 0 Å². The predicted octanol–water partition coefficient (Wildman–Crippen LogP) is 1.16. The molecule has 0 aromatic rings. The lowest BCUT2D eigenvalue weighted by molar-refractivity contribution is -0.131. The molecule has 0 radical (unpaired) electrons. The van der Waals surface area contributed by atoms with E-state index < -0.39 is 0 Å². The Morgan fingerprint density at radius 1 is 1.39 bits per heavy atom. The second kappa shape index (κ2) is 7.10. The number of hydrogen-bond acceptors (Lipinski definition) is 3. The first-order valence-corrected chi connectivity index (χ1v) is 7.08. The van der Waals surface area contributed by atoms with Gasteiger partial charge in [-0.25, -0.2) is 0 Å². The SMILES string of the molecule is CC(C)C(N)CC(=O)N(C)CC1CCN(C)CC1. The third-order valence-corrected chi connectivity index (χ3v) is 4.06. The summed E-state index contributed by atoms with van der Waals surface area (Å²) < 4.78 is 0. The van der Waals surface area contributed by atoms with Crippen molar-refractivity contribution in [2.45, 2.75) is 39.2 Å². The highest BCUT2D eigenvalue weighted by atomic mass is 16.2. The molecular formula is C14H29N3O. The lowest BCUT2D eigenvalue weighted by Crippen LogP contribution is -2.40. The summed E-state index contributed by atoms with van der Waals surface area (Å²) >= 11 is 0. The molecule has 1 saturated heterocycles. The average molecular weight is 255 g/mol. The molecule has 0 aromatic heterocycles. The second-order valence-corrected chi connectivity index (χ2v) is 6.13. The van der Waals surface area contributed by atoms with E-state index in [1.54, 1.807) is 0 Å². The van der Waals surface area contributed by atoms with Crippen LogP contribution in [0.3, 0.4) is 0 Å². The quantitative estimate of drug-likeness (QED) is 0.802. The Balaban J connectivity index is 2.31. The predicted molar refractivity (Wildman–Crippen MR) is 75.3 cm³/mol. The van der Waals surface area contributed by atoms with E-state index in [2.05, 4.69) is 25.8 Å². The number of nitrogens with two attached hydrogens (primary N) is 1. The number of carbonyl (C=O) groups is 1. The van der Waals surface area contributed by atoms with Gasteiger partial charge in [0.15, 0.2) is 0 Å². The van der Waals surface area contributed by atoms with Gasteiger partial charge in [0.25, 0.3) is 0 Å². The molecule has 18 heavy (non-hydrogen) atoms. The van der Waals surface area contributed by atoms with Crippen molar-refractivity contribution in [2.24, 2.45) is 17.6 Å². The van der Waals surface area contributed by atoms with Gasteiger partial charge in [-0.15, -0.1) is 0 Å². The molecule has 4 nitrogen and oxygen atoms in total. The molecule has 1 amide bonds. The summed E-state index contributed by atoms with van der Waals surface area (Å²) in [5.41, 5.74) is 5.95. The zero-order chi connectivity index (χ0) is 13.7. The topological polar surface area (TPSA) is 49.6 Å². The van der Waals surface area contributed by atoms with E-state index >= 15 is 0 Å². The Kier molecular flexibility index (Phi) is 6.09. The van der Waals surface area contributed by atoms with Crippen LogP contribution in [-0.4, -0.2) is 55.5 Å². The fourth-order valence-electron chi connectivity index (χ4n) is 2.33. The molecule has 0 bridgehead atoms. The Labute approximate surface area is 111 Å². The van der Waals surface area contributed by atoms with Crippen molar-refractivity contribution in [1.29, 1.82) is 0 Å². The molecule has 0 aromatic carbocycles. The van der Waals surface area contributed by atoms with Crippen molar-refractivity contribution >= 4 is 5.91 Å². The van der Waals surface area contributed by atoms with Gasteiger partial charge in [-0.2, -0.15) is 0 Å². The number of likely N-dealkylation sites (tertiary alicyclic amines) is 1. The van der Waals surface area contributed by atoms with Crippen LogP contribution in [0.1, 0.15) is 33.1 Å². The third kappa shape index (κ3) is 4.94. The molecule has 0 spiro atoms. The van der Waals surface area contributed by atoms with Crippen LogP contribution >= 0.6 is 0 Å². The average Bonchev–Trinajstić information content (AvgIpc) is 2.31. The smallest absolute Gasteiger partial charge is 0.223 e. The van der Waals surface area contributed by atoms with Gasteiger partial charge in [0.1, 0.15) is 0 Å². The molecule has 1 atom stereocenters. The maximum Gasteiger partial charge on any atom is 0.223 e. The molecule has 1 rings (SSSR count). The molecule has 2 N–H and O–H groups in total. The Morgan fingerprint density at radius 3 is 2.44 bits per heavy atom. The van der Waals surface area contributed by atoms with Crippen molar-refractivity contribution in [1.82, 2.24) is 9.80 Å². The first-order chi connectivity index (χ1) is 8.40. The van der Waals surface area contributed by atoms with Crippen molar-refractivity contribution in [3.63, 3.8) is 0 Å². The fraction of sp³-hybridized carbons (Fsp3) is 0.929. The van der Waals surface area contributed by atoms with E-state index in [0.717, 1.165) is 19.6 Å². The van der Waals surface area contributed by atoms with Gasteiger partial charge in [0.05, 0.1) is 0 Å². The van der Waals surface area contributed by atoms with Crippen LogP contribution < -0.4 is 5.73 Å². The lowest BCUT2D eigenvalue weighted by atomic mass is 9.96. The van der Waals surface area contributed by atoms with Crippen LogP contribution in [0.5, 0.6) is 0 Å². The first-order valence-electron chi connectivity index (χ1n) is 7.08. The summed E-state index contributed by atoms with van der Waals surface area (Å²) in [4.78, 5) is 16.3. The summed E-state index contributed by atoms with van der Waals surface area (Å²) in [6, 6.07) is -0.0163. The van der Waals surface area contributed by atoms with E-state index in [4.69, 9.17) is 5.73 Å². The Bertz CT molecular complexity index is 260. The molecular weight excluding hydrogens is 226 g/mol. The minimum Gasteiger partial charge on any atom is -0.345 e. The number of nitrogens with zero attached hydrogens (tertiary/aromatic N) is 2. The second-order valence-electron chi connectivity index (χ2n) is 6.13. The molecule has 1 fully saturated rings. The Hall–Kier alpha value is -0.610. The number of hydrogen-bond donors (Lipinski definition) is 1. The van der Waals surface area contributed by atoms with E-state index in [1.165, 1.54) is 12.8 Å². The first kappa shape index (κ1) is 15.4. The zero-order valence-electron chi connectivity index (χ0n) is 12.4. The standard InChI is InChI=1S/C14H29N3O/c1-11(2)13(15)9-14(18)17(4)10-12-5-7-16(3)8-6-12/h11-13H,5-10,15H2,1-4H3. The molecule has 0 saturated carbocycles. The number of carbonyl (C=O) groups excluding carboxylic acids is 1. The van der Waals surface area contributed by atoms with Gasteiger partial charge in [-0.3, -0.25) is 4.79 Å². The molecule has 106 valence electrons. The van der Waals surface area contributed by atoms with E-state index in [9.17, 15) is 4.79 Å². The monoisotopic (exact) mass is 255 g/mol. The minimum absolute atomic E-state index is 0.0163. The maximum absolute atomic E-state index is 12.0. The van der Waals surface area contributed by atoms with E-state index in [-0.39, 0.29) is 11.9 Å². The normalized spacial score (nSPS) is 20.1. The van der Waals surface area contributed by atoms with Gasteiger partial charge < -0.3 is 15.5 Å². The van der Waals surface area contributed by atoms with E-state index in [0.29, 0.717) is 18.3 Å². The molecule has 1 heterocycles. The van der Waals surface area contributed by atoms with Crippen LogP contribution in [0.25, 0.3) is 0 Å². The molecule has 4 heteroatoms. The Morgan fingerprint density at radius 2 is 1.94 bits per heavy atom. The number of rotatable bonds is 5. The van der Waals surface area contributed by atoms with Crippen molar-refractivity contribution in [2.75, 3.05) is 33.7 Å². The van der Waals surface area contributed by atoms with Gasteiger partial charge in [0, 0.05) is 26.1 Å². The van der Waals surface area contributed by atoms with Crippen LogP contribution in [0, 0.1) is 11.8 Å². The van der Waals surface area contributed by atoms with Gasteiger partial charge in [-0.1, -0.05) is 13.8 Å². The number of piperidine rings is 1. The number of amides is 1. The van der Waals surface area contributed by atoms with Gasteiger partial charge >= 0.3 is 0 Å². The van der Waals surface area contributed by atoms with E-state index in [1.807, 2.05) is 11.9 Å². The van der Waals surface area contributed by atoms with Crippen LogP contribution in [0.4, 0.5) is 0 Å². The van der Waals surface area contributed by atoms with Crippen LogP contribution in [0.2, 0.25) is 0 Å². The van der Waals surface area contributed by atoms with Crippen molar-refractivity contribution in [3.8, 4) is 0 Å². The largest absolute Gasteiger partial charge is 0.345 e. The van der Waals surface area contributed by atoms with Gasteiger partial charge in [0.2, 0.25) is 5.91 Å². The summed E-state index contributed by atoms with van der Waals surface area (Å²) in [7, 11) is 4.07. The highest BCUT2D eigenvalue weighted by Gasteiger charge is 2.21. The highest BCUT2D eigenvalue weighted by Crippen LogP contribution is 2.17. The van der Waals surface area contributed by atoms with Crippen molar-refractivity contribution in [3.05, 3.63) is 0 Å². The minimum atomic E-state index is -0.0163. The lowest BCUT2D eigenvalue weighted by Gasteiger charge is -2.32. The molecule has 1 unspecified atom stereocenters. The fourth-order valence-corrected chi connectivity index (χ4v) is 2.33. The highest BCUT2D eigenvalue weighted by molar-refractivity contribution is 5.76. The summed E-state index contributed by atoms with van der Waals surface area (Å²) in [5, 5.41) is 0. The maximum atomic E-state index is 12.0. The summed E-state index contributed by atoms with van der Waals surface area (Å²) in [5.74, 6) is 1.21. The van der Waals surface area contributed by atoms with Crippen molar-refractivity contribution < 1.29 is 4.79 Å². The summed E-state index contributed by atoms with van der Waals surface area (Å²) in [6.45, 7) is 7.32. The third-order valence-electron chi connectivity index (χ3n) is 4.06.